The Bertz CT molecular complexity index is 457. The fourth-order valence-electron chi connectivity index (χ4n) is 1.75. The molecule has 1 amide bonds. The molecule has 2 rings (SSSR count). The van der Waals surface area contributed by atoms with E-state index in [1.165, 1.54) is 6.07 Å². The van der Waals surface area contributed by atoms with Crippen LogP contribution < -0.4 is 0 Å². The van der Waals surface area contributed by atoms with Gasteiger partial charge in [0, 0.05) is 12.6 Å². The third-order valence-corrected chi connectivity index (χ3v) is 3.56. The van der Waals surface area contributed by atoms with Crippen LogP contribution in [0.5, 0.6) is 0 Å². The first kappa shape index (κ1) is 12.3. The summed E-state index contributed by atoms with van der Waals surface area (Å²) in [5.41, 5.74) is 0.374. The van der Waals surface area contributed by atoms with Gasteiger partial charge in [0.2, 0.25) is 0 Å². The fourth-order valence-corrected chi connectivity index (χ4v) is 2.18. The van der Waals surface area contributed by atoms with Crippen molar-refractivity contribution >= 4 is 21.8 Å². The molecule has 0 saturated heterocycles. The molecule has 0 aliphatic heterocycles. The highest BCUT2D eigenvalue weighted by atomic mass is 79.9. The zero-order valence-corrected chi connectivity index (χ0v) is 10.9. The van der Waals surface area contributed by atoms with Crippen LogP contribution in [0, 0.1) is 5.82 Å². The molecule has 17 heavy (non-hydrogen) atoms. The molecule has 1 aliphatic carbocycles. The van der Waals surface area contributed by atoms with Crippen molar-refractivity contribution in [3.8, 4) is 0 Å². The van der Waals surface area contributed by atoms with Crippen LogP contribution in [0.1, 0.15) is 23.2 Å². The Kier molecular flexibility index (Phi) is 3.62. The van der Waals surface area contributed by atoms with Gasteiger partial charge in [-0.1, -0.05) is 12.1 Å². The number of carbonyl (C=O) groups excluding carboxylic acids is 1. The summed E-state index contributed by atoms with van der Waals surface area (Å²) in [7, 11) is 0. The number of benzene rings is 1. The van der Waals surface area contributed by atoms with Crippen LogP contribution in [-0.2, 0) is 0 Å². The lowest BCUT2D eigenvalue weighted by atomic mass is 10.2. The van der Waals surface area contributed by atoms with E-state index in [0.717, 1.165) is 12.8 Å². The maximum Gasteiger partial charge on any atom is 0.255 e. The zero-order valence-electron chi connectivity index (χ0n) is 9.33. The summed E-state index contributed by atoms with van der Waals surface area (Å²) >= 11 is 3.12. The average Bonchev–Trinajstić information content (AvgIpc) is 3.13. The van der Waals surface area contributed by atoms with Crippen LogP contribution in [0.3, 0.4) is 0 Å². The molecule has 1 saturated carbocycles. The van der Waals surface area contributed by atoms with Crippen molar-refractivity contribution in [3.63, 3.8) is 0 Å². The van der Waals surface area contributed by atoms with E-state index >= 15 is 0 Å². The summed E-state index contributed by atoms with van der Waals surface area (Å²) in [6.45, 7) is 4.15. The molecule has 4 heteroatoms. The van der Waals surface area contributed by atoms with Crippen LogP contribution in [0.25, 0.3) is 0 Å². The molecule has 0 atom stereocenters. The minimum atomic E-state index is -0.412. The van der Waals surface area contributed by atoms with E-state index in [2.05, 4.69) is 22.5 Å². The van der Waals surface area contributed by atoms with E-state index in [1.54, 1.807) is 23.1 Å². The van der Waals surface area contributed by atoms with Crippen molar-refractivity contribution in [2.75, 3.05) is 6.54 Å². The van der Waals surface area contributed by atoms with E-state index in [1.807, 2.05) is 0 Å². The Morgan fingerprint density at radius 3 is 2.88 bits per heavy atom. The molecule has 0 unspecified atom stereocenters. The van der Waals surface area contributed by atoms with E-state index in [4.69, 9.17) is 0 Å². The van der Waals surface area contributed by atoms with Crippen molar-refractivity contribution in [3.05, 3.63) is 46.7 Å². The van der Waals surface area contributed by atoms with Gasteiger partial charge >= 0.3 is 0 Å². The lowest BCUT2D eigenvalue weighted by Gasteiger charge is -2.21. The van der Waals surface area contributed by atoms with E-state index < -0.39 is 5.82 Å². The second kappa shape index (κ2) is 5.00. The molecule has 2 nitrogen and oxygen atoms in total. The number of hydrogen-bond acceptors (Lipinski definition) is 1. The van der Waals surface area contributed by atoms with E-state index in [-0.39, 0.29) is 16.4 Å². The van der Waals surface area contributed by atoms with Gasteiger partial charge < -0.3 is 4.90 Å². The average molecular weight is 298 g/mol. The standard InChI is InChI=1S/C13H13BrFNO/c1-2-8-16(9-6-7-9)13(17)10-4-3-5-11(15)12(10)14/h2-5,9H,1,6-8H2. The summed E-state index contributed by atoms with van der Waals surface area (Å²) in [4.78, 5) is 14.0. The van der Waals surface area contributed by atoms with Crippen molar-refractivity contribution in [2.45, 2.75) is 18.9 Å². The van der Waals surface area contributed by atoms with Gasteiger partial charge in [0.05, 0.1) is 10.0 Å². The highest BCUT2D eigenvalue weighted by Gasteiger charge is 2.33. The lowest BCUT2D eigenvalue weighted by Crippen LogP contribution is -2.33. The van der Waals surface area contributed by atoms with Gasteiger partial charge in [-0.3, -0.25) is 4.79 Å². The van der Waals surface area contributed by atoms with Crippen molar-refractivity contribution in [2.24, 2.45) is 0 Å². The number of nitrogens with zero attached hydrogens (tertiary/aromatic N) is 1. The minimum Gasteiger partial charge on any atom is -0.332 e. The van der Waals surface area contributed by atoms with Gasteiger partial charge in [-0.25, -0.2) is 4.39 Å². The molecule has 1 aromatic carbocycles. The summed E-state index contributed by atoms with van der Waals surface area (Å²) in [6.07, 6.45) is 3.74. The Hall–Kier alpha value is -1.16. The monoisotopic (exact) mass is 297 g/mol. The largest absolute Gasteiger partial charge is 0.332 e. The van der Waals surface area contributed by atoms with Crippen LogP contribution in [-0.4, -0.2) is 23.4 Å². The molecule has 0 N–H and O–H groups in total. The molecule has 1 aliphatic rings. The summed E-state index contributed by atoms with van der Waals surface area (Å²) in [5.74, 6) is -0.552. The molecule has 0 radical (unpaired) electrons. The van der Waals surface area contributed by atoms with Gasteiger partial charge in [-0.15, -0.1) is 6.58 Å². The molecular formula is C13H13BrFNO. The molecule has 0 heterocycles. The Morgan fingerprint density at radius 1 is 1.59 bits per heavy atom. The summed E-state index contributed by atoms with van der Waals surface area (Å²) in [5, 5.41) is 0. The number of amides is 1. The maximum atomic E-state index is 13.4. The fraction of sp³-hybridized carbons (Fsp3) is 0.308. The molecule has 1 aromatic rings. The zero-order chi connectivity index (χ0) is 12.4. The number of hydrogen-bond donors (Lipinski definition) is 0. The van der Waals surface area contributed by atoms with Gasteiger partial charge in [-0.2, -0.15) is 0 Å². The van der Waals surface area contributed by atoms with E-state index in [9.17, 15) is 9.18 Å². The Balaban J connectivity index is 2.28. The predicted molar refractivity (Wildman–Crippen MR) is 68.4 cm³/mol. The van der Waals surface area contributed by atoms with Crippen LogP contribution in [0.15, 0.2) is 35.3 Å². The van der Waals surface area contributed by atoms with Crippen molar-refractivity contribution in [1.82, 2.24) is 4.90 Å². The summed E-state index contributed by atoms with van der Waals surface area (Å²) in [6, 6.07) is 4.80. The SMILES string of the molecule is C=CCN(C(=O)c1cccc(F)c1Br)C1CC1. The third kappa shape index (κ3) is 2.57. The first-order valence-corrected chi connectivity index (χ1v) is 6.30. The molecule has 0 aromatic heterocycles. The second-order valence-electron chi connectivity index (χ2n) is 4.08. The highest BCUT2D eigenvalue weighted by Crippen LogP contribution is 2.30. The molecule has 1 fully saturated rings. The van der Waals surface area contributed by atoms with Crippen LogP contribution in [0.2, 0.25) is 0 Å². The smallest absolute Gasteiger partial charge is 0.255 e. The summed E-state index contributed by atoms with van der Waals surface area (Å²) < 4.78 is 13.6. The topological polar surface area (TPSA) is 20.3 Å². The van der Waals surface area contributed by atoms with Crippen LogP contribution >= 0.6 is 15.9 Å². The van der Waals surface area contributed by atoms with E-state index in [0.29, 0.717) is 12.1 Å². The Morgan fingerprint density at radius 2 is 2.29 bits per heavy atom. The van der Waals surface area contributed by atoms with Gasteiger partial charge in [0.15, 0.2) is 0 Å². The quantitative estimate of drug-likeness (QED) is 0.780. The molecule has 0 bridgehead atoms. The normalized spacial score (nSPS) is 14.5. The first-order chi connectivity index (χ1) is 8.15. The number of carbonyl (C=O) groups is 1. The van der Waals surface area contributed by atoms with Gasteiger partial charge in [0.25, 0.3) is 5.91 Å². The third-order valence-electron chi connectivity index (χ3n) is 2.76. The van der Waals surface area contributed by atoms with Gasteiger partial charge in [0.1, 0.15) is 5.82 Å². The maximum absolute atomic E-state index is 13.4. The Labute approximate surface area is 108 Å². The predicted octanol–water partition coefficient (Wildman–Crippen LogP) is 3.38. The molecular weight excluding hydrogens is 285 g/mol. The minimum absolute atomic E-state index is 0.140. The van der Waals surface area contributed by atoms with Crippen molar-refractivity contribution in [1.29, 1.82) is 0 Å². The second-order valence-corrected chi connectivity index (χ2v) is 4.87. The molecule has 90 valence electrons. The first-order valence-electron chi connectivity index (χ1n) is 5.51. The number of rotatable bonds is 4. The van der Waals surface area contributed by atoms with Crippen molar-refractivity contribution < 1.29 is 9.18 Å². The van der Waals surface area contributed by atoms with Gasteiger partial charge in [-0.05, 0) is 40.9 Å². The number of halogens is 2. The lowest BCUT2D eigenvalue weighted by molar-refractivity contribution is 0.0761. The van der Waals surface area contributed by atoms with Crippen LogP contribution in [0.4, 0.5) is 4.39 Å². The highest BCUT2D eigenvalue weighted by molar-refractivity contribution is 9.10. The molecule has 0 spiro atoms.